The van der Waals surface area contributed by atoms with Gasteiger partial charge in [0.1, 0.15) is 6.61 Å². The predicted octanol–water partition coefficient (Wildman–Crippen LogP) is 0.492. The molecule has 1 fully saturated rings. The summed E-state index contributed by atoms with van der Waals surface area (Å²) < 4.78 is 4.82. The van der Waals surface area contributed by atoms with E-state index in [2.05, 4.69) is 4.98 Å². The number of nitrogens with zero attached hydrogens (tertiary/aromatic N) is 2. The Morgan fingerprint density at radius 2 is 2.40 bits per heavy atom. The molecule has 1 aromatic heterocycles. The zero-order valence-corrected chi connectivity index (χ0v) is 8.35. The van der Waals surface area contributed by atoms with Gasteiger partial charge in [-0.3, -0.25) is 9.88 Å². The van der Waals surface area contributed by atoms with Crippen molar-refractivity contribution < 1.29 is 9.53 Å². The number of rotatable bonds is 3. The van der Waals surface area contributed by atoms with Crippen LogP contribution in [0.3, 0.4) is 0 Å². The van der Waals surface area contributed by atoms with Crippen molar-refractivity contribution in [3.63, 3.8) is 0 Å². The first-order valence-corrected chi connectivity index (χ1v) is 4.85. The van der Waals surface area contributed by atoms with Crippen molar-refractivity contribution in [3.05, 3.63) is 29.6 Å². The molecule has 1 amide bonds. The zero-order chi connectivity index (χ0) is 10.7. The Bertz CT molecular complexity index is 350. The minimum Gasteiger partial charge on any atom is -0.448 e. The summed E-state index contributed by atoms with van der Waals surface area (Å²) in [5.41, 5.74) is 7.30. The van der Waals surface area contributed by atoms with E-state index in [1.54, 1.807) is 11.1 Å². The normalized spacial score (nSPS) is 15.5. The molecule has 0 bridgehead atoms. The Hall–Kier alpha value is -1.62. The quantitative estimate of drug-likeness (QED) is 0.783. The van der Waals surface area contributed by atoms with E-state index < -0.39 is 0 Å². The molecule has 2 heterocycles. The molecule has 1 saturated heterocycles. The second-order valence-electron chi connectivity index (χ2n) is 3.40. The van der Waals surface area contributed by atoms with E-state index in [9.17, 15) is 4.79 Å². The van der Waals surface area contributed by atoms with Crippen LogP contribution in [-0.4, -0.2) is 29.1 Å². The molecule has 0 radical (unpaired) electrons. The fourth-order valence-corrected chi connectivity index (χ4v) is 1.43. The molecule has 1 aliphatic heterocycles. The number of hydrogen-bond donors (Lipinski definition) is 1. The summed E-state index contributed by atoms with van der Waals surface area (Å²) in [7, 11) is 0. The molecule has 5 nitrogen and oxygen atoms in total. The highest BCUT2D eigenvalue weighted by atomic mass is 16.6. The lowest BCUT2D eigenvalue weighted by Gasteiger charge is -2.11. The van der Waals surface area contributed by atoms with Crippen LogP contribution in [0.15, 0.2) is 18.3 Å². The molecule has 0 unspecified atom stereocenters. The molecule has 0 saturated carbocycles. The fraction of sp³-hybridized carbons (Fsp3) is 0.400. The molecule has 2 N–H and O–H groups in total. The second kappa shape index (κ2) is 4.27. The summed E-state index contributed by atoms with van der Waals surface area (Å²) in [5.74, 6) is 0. The van der Waals surface area contributed by atoms with E-state index in [0.29, 0.717) is 26.2 Å². The van der Waals surface area contributed by atoms with Crippen LogP contribution >= 0.6 is 0 Å². The first kappa shape index (κ1) is 9.92. The smallest absolute Gasteiger partial charge is 0.410 e. The first-order valence-electron chi connectivity index (χ1n) is 4.85. The van der Waals surface area contributed by atoms with Gasteiger partial charge in [0.05, 0.1) is 18.8 Å². The highest BCUT2D eigenvalue weighted by Crippen LogP contribution is 2.09. The van der Waals surface area contributed by atoms with Crippen molar-refractivity contribution in [1.82, 2.24) is 9.88 Å². The minimum atomic E-state index is -0.264. The molecule has 1 aromatic rings. The number of pyridine rings is 1. The summed E-state index contributed by atoms with van der Waals surface area (Å²) in [6, 6.07) is 3.80. The van der Waals surface area contributed by atoms with Crippen LogP contribution in [0, 0.1) is 0 Å². The maximum atomic E-state index is 11.2. The van der Waals surface area contributed by atoms with Gasteiger partial charge in [-0.15, -0.1) is 0 Å². The molecule has 0 aromatic carbocycles. The molecule has 0 atom stereocenters. The number of ether oxygens (including phenoxy) is 1. The average Bonchev–Trinajstić information content (AvgIpc) is 2.66. The van der Waals surface area contributed by atoms with E-state index in [-0.39, 0.29) is 6.09 Å². The number of carbonyl (C=O) groups excluding carboxylic acids is 1. The summed E-state index contributed by atoms with van der Waals surface area (Å²) in [6.45, 7) is 2.10. The Morgan fingerprint density at radius 3 is 2.93 bits per heavy atom. The third-order valence-corrected chi connectivity index (χ3v) is 2.32. The average molecular weight is 207 g/mol. The molecule has 0 spiro atoms. The van der Waals surface area contributed by atoms with Gasteiger partial charge in [0.15, 0.2) is 0 Å². The van der Waals surface area contributed by atoms with Gasteiger partial charge in [-0.05, 0) is 11.6 Å². The molecule has 15 heavy (non-hydrogen) atoms. The Labute approximate surface area is 87.8 Å². The van der Waals surface area contributed by atoms with Gasteiger partial charge in [-0.2, -0.15) is 0 Å². The lowest BCUT2D eigenvalue weighted by atomic mass is 10.2. The number of amides is 1. The maximum Gasteiger partial charge on any atom is 0.410 e. The lowest BCUT2D eigenvalue weighted by Crippen LogP contribution is -2.24. The summed E-state index contributed by atoms with van der Waals surface area (Å²) in [5, 5.41) is 0. The van der Waals surface area contributed by atoms with Gasteiger partial charge in [0, 0.05) is 12.7 Å². The van der Waals surface area contributed by atoms with E-state index >= 15 is 0 Å². The van der Waals surface area contributed by atoms with Crippen molar-refractivity contribution in [1.29, 1.82) is 0 Å². The molecule has 0 aliphatic carbocycles. The van der Waals surface area contributed by atoms with Crippen molar-refractivity contribution in [2.24, 2.45) is 5.73 Å². The van der Waals surface area contributed by atoms with Gasteiger partial charge in [0.25, 0.3) is 0 Å². The first-order chi connectivity index (χ1) is 7.29. The number of aromatic nitrogens is 1. The minimum absolute atomic E-state index is 0.264. The number of cyclic esters (lactones) is 1. The highest BCUT2D eigenvalue weighted by Gasteiger charge is 2.21. The zero-order valence-electron chi connectivity index (χ0n) is 8.35. The van der Waals surface area contributed by atoms with E-state index in [1.165, 1.54) is 0 Å². The van der Waals surface area contributed by atoms with E-state index in [1.807, 2.05) is 12.1 Å². The van der Waals surface area contributed by atoms with Gasteiger partial charge < -0.3 is 10.5 Å². The molecular formula is C10H13N3O2. The molecule has 2 rings (SSSR count). The van der Waals surface area contributed by atoms with E-state index in [4.69, 9.17) is 10.5 Å². The Morgan fingerprint density at radius 1 is 1.53 bits per heavy atom. The molecule has 80 valence electrons. The largest absolute Gasteiger partial charge is 0.448 e. The van der Waals surface area contributed by atoms with Crippen LogP contribution in [0.5, 0.6) is 0 Å². The monoisotopic (exact) mass is 207 g/mol. The predicted molar refractivity (Wildman–Crippen MR) is 53.9 cm³/mol. The SMILES string of the molecule is NCc1ccc(CN2CCOC2=O)nc1. The van der Waals surface area contributed by atoms with Crippen molar-refractivity contribution in [2.75, 3.05) is 13.2 Å². The standard InChI is InChI=1S/C10H13N3O2/c11-5-8-1-2-9(12-6-8)7-13-3-4-15-10(13)14/h1-2,6H,3-5,7,11H2. The summed E-state index contributed by atoms with van der Waals surface area (Å²) in [4.78, 5) is 17.0. The third-order valence-electron chi connectivity index (χ3n) is 2.32. The van der Waals surface area contributed by atoms with Gasteiger partial charge >= 0.3 is 6.09 Å². The summed E-state index contributed by atoms with van der Waals surface area (Å²) in [6.07, 6.45) is 1.47. The van der Waals surface area contributed by atoms with Crippen molar-refractivity contribution in [2.45, 2.75) is 13.1 Å². The van der Waals surface area contributed by atoms with Crippen LogP contribution in [0.2, 0.25) is 0 Å². The fourth-order valence-electron chi connectivity index (χ4n) is 1.43. The van der Waals surface area contributed by atoms with Gasteiger partial charge in [0.2, 0.25) is 0 Å². The van der Waals surface area contributed by atoms with Gasteiger partial charge in [-0.1, -0.05) is 6.07 Å². The molecule has 1 aliphatic rings. The topological polar surface area (TPSA) is 68.4 Å². The maximum absolute atomic E-state index is 11.2. The van der Waals surface area contributed by atoms with Crippen LogP contribution in [0.4, 0.5) is 4.79 Å². The molecular weight excluding hydrogens is 194 g/mol. The third kappa shape index (κ3) is 2.24. The highest BCUT2D eigenvalue weighted by molar-refractivity contribution is 5.69. The number of carbonyl (C=O) groups is 1. The Balaban J connectivity index is 2.01. The van der Waals surface area contributed by atoms with Crippen LogP contribution in [0.1, 0.15) is 11.3 Å². The number of nitrogens with two attached hydrogens (primary N) is 1. The second-order valence-corrected chi connectivity index (χ2v) is 3.40. The van der Waals surface area contributed by atoms with Gasteiger partial charge in [-0.25, -0.2) is 4.79 Å². The molecule has 5 heteroatoms. The van der Waals surface area contributed by atoms with Crippen molar-refractivity contribution >= 4 is 6.09 Å². The van der Waals surface area contributed by atoms with Crippen LogP contribution in [-0.2, 0) is 17.8 Å². The Kier molecular flexibility index (Phi) is 2.82. The van der Waals surface area contributed by atoms with E-state index in [0.717, 1.165) is 11.3 Å². The lowest BCUT2D eigenvalue weighted by molar-refractivity contribution is 0.157. The van der Waals surface area contributed by atoms with Crippen LogP contribution in [0.25, 0.3) is 0 Å². The summed E-state index contributed by atoms with van der Waals surface area (Å²) >= 11 is 0. The van der Waals surface area contributed by atoms with Crippen molar-refractivity contribution in [3.8, 4) is 0 Å². The number of hydrogen-bond acceptors (Lipinski definition) is 4. The van der Waals surface area contributed by atoms with Crippen LogP contribution < -0.4 is 5.73 Å².